The number of carbonyl (C=O) groups excluding carboxylic acids is 1. The maximum Gasteiger partial charge on any atom is 0.280 e. The van der Waals surface area contributed by atoms with Gasteiger partial charge in [0.05, 0.1) is 33.6 Å². The Morgan fingerprint density at radius 3 is 2.68 bits per heavy atom. The Bertz CT molecular complexity index is 1360. The maximum atomic E-state index is 13.1. The molecule has 4 rings (SSSR count). The fourth-order valence-corrected chi connectivity index (χ4v) is 5.16. The van der Waals surface area contributed by atoms with Crippen LogP contribution in [0.3, 0.4) is 0 Å². The first-order valence-corrected chi connectivity index (χ1v) is 11.9. The minimum absolute atomic E-state index is 0.0623. The van der Waals surface area contributed by atoms with Gasteiger partial charge in [-0.05, 0) is 48.3 Å². The summed E-state index contributed by atoms with van der Waals surface area (Å²) in [6, 6.07) is 15.3. The second-order valence-electron chi connectivity index (χ2n) is 6.75. The molecule has 2 aromatic carbocycles. The molecular formula is C21H17ClN4O3S2. The lowest BCUT2D eigenvalue weighted by molar-refractivity contribution is 0.0941. The van der Waals surface area contributed by atoms with Crippen LogP contribution in [0.15, 0.2) is 72.0 Å². The van der Waals surface area contributed by atoms with Gasteiger partial charge in [0.1, 0.15) is 0 Å². The van der Waals surface area contributed by atoms with E-state index in [1.54, 1.807) is 6.07 Å². The molecule has 0 saturated carbocycles. The van der Waals surface area contributed by atoms with Gasteiger partial charge in [0.25, 0.3) is 15.9 Å². The van der Waals surface area contributed by atoms with Crippen LogP contribution in [0.5, 0.6) is 0 Å². The van der Waals surface area contributed by atoms with Gasteiger partial charge in [0, 0.05) is 11.2 Å². The Morgan fingerprint density at radius 2 is 1.90 bits per heavy atom. The second-order valence-corrected chi connectivity index (χ2v) is 9.62. The van der Waals surface area contributed by atoms with Gasteiger partial charge in [0.2, 0.25) is 0 Å². The highest BCUT2D eigenvalue weighted by molar-refractivity contribution is 7.92. The lowest BCUT2D eigenvalue weighted by atomic mass is 10.1. The number of fused-ring (bicyclic) bond motifs is 1. The zero-order chi connectivity index (χ0) is 22.0. The predicted octanol–water partition coefficient (Wildman–Crippen LogP) is 4.64. The van der Waals surface area contributed by atoms with Crippen molar-refractivity contribution >= 4 is 54.8 Å². The monoisotopic (exact) mass is 472 g/mol. The van der Waals surface area contributed by atoms with Crippen LogP contribution >= 0.6 is 23.1 Å². The molecule has 10 heteroatoms. The summed E-state index contributed by atoms with van der Waals surface area (Å²) in [5, 5.41) is 3.41. The molecule has 4 aromatic rings. The van der Waals surface area contributed by atoms with Crippen molar-refractivity contribution in [3.05, 3.63) is 83.1 Å². The summed E-state index contributed by atoms with van der Waals surface area (Å²) in [4.78, 5) is 17.0. The number of aromatic nitrogens is 2. The highest BCUT2D eigenvalue weighted by Gasteiger charge is 2.24. The lowest BCUT2D eigenvalue weighted by Crippen LogP contribution is -2.28. The third kappa shape index (κ3) is 4.53. The zero-order valence-corrected chi connectivity index (χ0v) is 18.6. The topological polar surface area (TPSA) is 101 Å². The Balaban J connectivity index is 1.65. The van der Waals surface area contributed by atoms with Crippen LogP contribution in [0.1, 0.15) is 28.9 Å². The number of nitrogens with zero attached hydrogens (tertiary/aromatic N) is 2. The van der Waals surface area contributed by atoms with E-state index in [-0.39, 0.29) is 27.3 Å². The standard InChI is InChI=1S/C21H17ClN4O3S2/c1-13(14-5-3-2-4-6-14)25-20(27)16-8-7-15(22)11-18(16)26-31(28,29)21-17-12-24-30-19(17)9-10-23-21/h2-13,26H,1H3,(H,25,27). The number of nitrogens with one attached hydrogen (secondary N) is 2. The summed E-state index contributed by atoms with van der Waals surface area (Å²) >= 11 is 7.26. The fourth-order valence-electron chi connectivity index (χ4n) is 3.08. The number of sulfonamides is 1. The van der Waals surface area contributed by atoms with Crippen LogP contribution in [-0.2, 0) is 10.0 Å². The van der Waals surface area contributed by atoms with Crippen molar-refractivity contribution in [1.29, 1.82) is 0 Å². The van der Waals surface area contributed by atoms with Crippen LogP contribution in [0, 0.1) is 0 Å². The largest absolute Gasteiger partial charge is 0.345 e. The van der Waals surface area contributed by atoms with Crippen molar-refractivity contribution in [2.75, 3.05) is 4.72 Å². The van der Waals surface area contributed by atoms with E-state index in [2.05, 4.69) is 19.4 Å². The molecule has 0 spiro atoms. The Labute approximate surface area is 188 Å². The molecule has 2 aromatic heterocycles. The summed E-state index contributed by atoms with van der Waals surface area (Å²) in [6.07, 6.45) is 2.86. The number of hydrogen-bond donors (Lipinski definition) is 2. The van der Waals surface area contributed by atoms with Gasteiger partial charge in [0.15, 0.2) is 5.03 Å². The molecule has 1 amide bonds. The third-order valence-electron chi connectivity index (χ3n) is 4.62. The van der Waals surface area contributed by atoms with Gasteiger partial charge in [-0.25, -0.2) is 4.98 Å². The van der Waals surface area contributed by atoms with E-state index in [1.165, 1.54) is 42.1 Å². The summed E-state index contributed by atoms with van der Waals surface area (Å²) in [5.41, 5.74) is 1.13. The Kier molecular flexibility index (Phi) is 5.90. The molecule has 0 bridgehead atoms. The summed E-state index contributed by atoms with van der Waals surface area (Å²) < 4.78 is 33.3. The molecule has 31 heavy (non-hydrogen) atoms. The average Bonchev–Trinajstić information content (AvgIpc) is 3.23. The van der Waals surface area contributed by atoms with Gasteiger partial charge in [-0.2, -0.15) is 12.8 Å². The average molecular weight is 473 g/mol. The number of carbonyl (C=O) groups is 1. The van der Waals surface area contributed by atoms with E-state index in [1.807, 2.05) is 37.3 Å². The molecule has 1 atom stereocenters. The van der Waals surface area contributed by atoms with Gasteiger partial charge >= 0.3 is 0 Å². The van der Waals surface area contributed by atoms with Crippen molar-refractivity contribution in [3.8, 4) is 0 Å². The predicted molar refractivity (Wildman–Crippen MR) is 122 cm³/mol. The minimum Gasteiger partial charge on any atom is -0.345 e. The van der Waals surface area contributed by atoms with E-state index < -0.39 is 15.9 Å². The second kappa shape index (κ2) is 8.62. The summed E-state index contributed by atoms with van der Waals surface area (Å²) in [7, 11) is -4.10. The van der Waals surface area contributed by atoms with Crippen LogP contribution in [0.2, 0.25) is 5.02 Å². The van der Waals surface area contributed by atoms with Gasteiger partial charge < -0.3 is 5.32 Å². The molecule has 0 aliphatic rings. The Hall–Kier alpha value is -3.01. The highest BCUT2D eigenvalue weighted by atomic mass is 35.5. The molecular weight excluding hydrogens is 456 g/mol. The molecule has 7 nitrogen and oxygen atoms in total. The van der Waals surface area contributed by atoms with Crippen LogP contribution in [0.25, 0.3) is 10.1 Å². The number of amides is 1. The third-order valence-corrected chi connectivity index (χ3v) is 6.94. The zero-order valence-electron chi connectivity index (χ0n) is 16.2. The van der Waals surface area contributed by atoms with Crippen molar-refractivity contribution < 1.29 is 13.2 Å². The first-order valence-electron chi connectivity index (χ1n) is 9.23. The first kappa shape index (κ1) is 21.2. The summed E-state index contributed by atoms with van der Waals surface area (Å²) in [6.45, 7) is 1.85. The van der Waals surface area contributed by atoms with Crippen molar-refractivity contribution in [3.63, 3.8) is 0 Å². The quantitative estimate of drug-likeness (QED) is 0.426. The minimum atomic E-state index is -4.10. The van der Waals surface area contributed by atoms with E-state index >= 15 is 0 Å². The first-order chi connectivity index (χ1) is 14.8. The molecule has 1 unspecified atom stereocenters. The molecule has 2 heterocycles. The SMILES string of the molecule is CC(NC(=O)c1ccc(Cl)cc1NS(=O)(=O)c1nccc2sncc12)c1ccccc1. The molecule has 158 valence electrons. The maximum absolute atomic E-state index is 13.1. The number of benzene rings is 2. The van der Waals surface area contributed by atoms with E-state index in [0.717, 1.165) is 5.56 Å². The molecule has 0 fully saturated rings. The van der Waals surface area contributed by atoms with Crippen LogP contribution in [-0.4, -0.2) is 23.7 Å². The lowest BCUT2D eigenvalue weighted by Gasteiger charge is -2.17. The molecule has 0 aliphatic carbocycles. The number of rotatable bonds is 6. The molecule has 0 saturated heterocycles. The van der Waals surface area contributed by atoms with Crippen LogP contribution < -0.4 is 10.0 Å². The highest BCUT2D eigenvalue weighted by Crippen LogP contribution is 2.28. The number of halogens is 1. The molecule has 0 radical (unpaired) electrons. The normalized spacial score (nSPS) is 12.5. The van der Waals surface area contributed by atoms with E-state index in [0.29, 0.717) is 10.1 Å². The van der Waals surface area contributed by atoms with Gasteiger partial charge in [-0.15, -0.1) is 0 Å². The van der Waals surface area contributed by atoms with E-state index in [9.17, 15) is 13.2 Å². The number of anilines is 1. The number of hydrogen-bond acceptors (Lipinski definition) is 6. The molecule has 2 N–H and O–H groups in total. The van der Waals surface area contributed by atoms with Crippen LogP contribution in [0.4, 0.5) is 5.69 Å². The smallest absolute Gasteiger partial charge is 0.280 e. The fraction of sp³-hybridized carbons (Fsp3) is 0.0952. The van der Waals surface area contributed by atoms with E-state index in [4.69, 9.17) is 11.6 Å². The Morgan fingerprint density at radius 1 is 1.13 bits per heavy atom. The summed E-state index contributed by atoms with van der Waals surface area (Å²) in [5.74, 6) is -0.436. The molecule has 0 aliphatic heterocycles. The van der Waals surface area contributed by atoms with Gasteiger partial charge in [-0.3, -0.25) is 9.52 Å². The van der Waals surface area contributed by atoms with Crippen molar-refractivity contribution in [1.82, 2.24) is 14.7 Å². The van der Waals surface area contributed by atoms with Crippen molar-refractivity contribution in [2.24, 2.45) is 0 Å². The number of pyridine rings is 1. The van der Waals surface area contributed by atoms with Gasteiger partial charge in [-0.1, -0.05) is 41.9 Å². The van der Waals surface area contributed by atoms with Crippen molar-refractivity contribution in [2.45, 2.75) is 18.0 Å².